The number of benzene rings is 2. The van der Waals surface area contributed by atoms with Crippen molar-refractivity contribution >= 4 is 35.1 Å². The zero-order valence-electron chi connectivity index (χ0n) is 19.1. The van der Waals surface area contributed by atoms with E-state index in [1.165, 1.54) is 0 Å². The third kappa shape index (κ3) is 5.91. The molecular weight excluding hydrogens is 508 g/mol. The molecule has 11 heteroatoms. The lowest BCUT2D eigenvalue weighted by atomic mass is 9.79. The maximum atomic E-state index is 13.0. The Labute approximate surface area is 216 Å². The molecule has 1 aliphatic rings. The fourth-order valence-corrected chi connectivity index (χ4v) is 4.89. The third-order valence-electron chi connectivity index (χ3n) is 6.12. The Morgan fingerprint density at radius 1 is 1.08 bits per heavy atom. The van der Waals surface area contributed by atoms with E-state index in [1.807, 2.05) is 18.2 Å². The number of esters is 1. The predicted octanol–water partition coefficient (Wildman–Crippen LogP) is 3.37. The number of rotatable bonds is 9. The van der Waals surface area contributed by atoms with E-state index in [0.29, 0.717) is 29.1 Å². The summed E-state index contributed by atoms with van der Waals surface area (Å²) in [6, 6.07) is 16.2. The number of aliphatic carboxylic acids is 1. The van der Waals surface area contributed by atoms with E-state index in [2.05, 4.69) is 9.59 Å². The second kappa shape index (κ2) is 11.4. The van der Waals surface area contributed by atoms with Crippen LogP contribution < -0.4 is 0 Å². The average molecular weight is 533 g/mol. The molecule has 0 saturated heterocycles. The largest absolute Gasteiger partial charge is 0.479 e. The zero-order chi connectivity index (χ0) is 25.7. The number of hydrogen-bond donors (Lipinski definition) is 3. The van der Waals surface area contributed by atoms with Crippen LogP contribution in [0.5, 0.6) is 0 Å². The summed E-state index contributed by atoms with van der Waals surface area (Å²) in [6.45, 7) is 0.0926. The summed E-state index contributed by atoms with van der Waals surface area (Å²) >= 11 is 6.73. The summed E-state index contributed by atoms with van der Waals surface area (Å²) in [5.74, 6) is -2.12. The van der Waals surface area contributed by atoms with Gasteiger partial charge in [-0.3, -0.25) is 0 Å². The number of nitrogens with zero attached hydrogens (tertiary/aromatic N) is 2. The number of carbonyl (C=O) groups is 2. The minimum absolute atomic E-state index is 0.0926. The van der Waals surface area contributed by atoms with Gasteiger partial charge in [-0.2, -0.15) is 0 Å². The molecule has 9 nitrogen and oxygen atoms in total. The molecule has 36 heavy (non-hydrogen) atoms. The maximum absolute atomic E-state index is 13.0. The average Bonchev–Trinajstić information content (AvgIpc) is 3.37. The predicted molar refractivity (Wildman–Crippen MR) is 132 cm³/mol. The second-order valence-corrected chi connectivity index (χ2v) is 9.80. The summed E-state index contributed by atoms with van der Waals surface area (Å²) in [5, 5.41) is 35.6. The molecule has 1 heterocycles. The number of carboxylic acids is 1. The van der Waals surface area contributed by atoms with Crippen molar-refractivity contribution in [3.63, 3.8) is 0 Å². The van der Waals surface area contributed by atoms with Crippen molar-refractivity contribution in [3.8, 4) is 11.3 Å². The molecule has 4 rings (SSSR count). The SMILES string of the molecule is O=C(O[C@@H]1C[C@](OCCCc2ccc(Cl)cc2)(C(=O)O)C[C@@H](O)[C@H]1O)c1snnc1-c1ccccc1. The van der Waals surface area contributed by atoms with Gasteiger partial charge in [0.25, 0.3) is 0 Å². The second-order valence-electron chi connectivity index (χ2n) is 8.60. The topological polar surface area (TPSA) is 139 Å². The van der Waals surface area contributed by atoms with Gasteiger partial charge in [0.05, 0.1) is 6.10 Å². The minimum atomic E-state index is -1.82. The van der Waals surface area contributed by atoms with Gasteiger partial charge in [0.2, 0.25) is 0 Å². The Morgan fingerprint density at radius 2 is 1.81 bits per heavy atom. The first-order valence-corrected chi connectivity index (χ1v) is 12.5. The molecule has 0 bridgehead atoms. The quantitative estimate of drug-likeness (QED) is 0.279. The van der Waals surface area contributed by atoms with Crippen LogP contribution in [0.25, 0.3) is 11.3 Å². The van der Waals surface area contributed by atoms with Crippen molar-refractivity contribution in [2.75, 3.05) is 6.61 Å². The first kappa shape index (κ1) is 26.2. The lowest BCUT2D eigenvalue weighted by Crippen LogP contribution is -2.58. The van der Waals surface area contributed by atoms with Crippen LogP contribution in [0.1, 0.15) is 34.5 Å². The Morgan fingerprint density at radius 3 is 2.50 bits per heavy atom. The Bertz CT molecular complexity index is 1190. The van der Waals surface area contributed by atoms with Crippen LogP contribution in [0.3, 0.4) is 0 Å². The number of aromatic nitrogens is 2. The highest BCUT2D eigenvalue weighted by Crippen LogP contribution is 2.36. The number of carboxylic acid groups (broad SMARTS) is 1. The Kier molecular flexibility index (Phi) is 8.32. The minimum Gasteiger partial charge on any atom is -0.479 e. The molecule has 1 aromatic heterocycles. The highest BCUT2D eigenvalue weighted by molar-refractivity contribution is 7.08. The van der Waals surface area contributed by atoms with Crippen LogP contribution in [0.2, 0.25) is 5.02 Å². The van der Waals surface area contributed by atoms with Crippen molar-refractivity contribution in [1.29, 1.82) is 0 Å². The van der Waals surface area contributed by atoms with Crippen molar-refractivity contribution in [2.24, 2.45) is 0 Å². The number of aryl methyl sites for hydroxylation is 1. The molecule has 190 valence electrons. The Hall–Kier alpha value is -2.89. The number of aliphatic hydroxyl groups is 2. The molecule has 3 N–H and O–H groups in total. The van der Waals surface area contributed by atoms with Gasteiger partial charge in [0, 0.05) is 30.0 Å². The summed E-state index contributed by atoms with van der Waals surface area (Å²) in [5.41, 5.74) is 0.175. The van der Waals surface area contributed by atoms with Gasteiger partial charge < -0.3 is 24.8 Å². The molecular formula is C25H25ClN2O7S. The van der Waals surface area contributed by atoms with Gasteiger partial charge in [0.15, 0.2) is 10.5 Å². The van der Waals surface area contributed by atoms with E-state index in [0.717, 1.165) is 17.1 Å². The van der Waals surface area contributed by atoms with E-state index in [9.17, 15) is 24.9 Å². The lowest BCUT2D eigenvalue weighted by molar-refractivity contribution is -0.200. The summed E-state index contributed by atoms with van der Waals surface area (Å²) in [6.07, 6.45) is -3.74. The molecule has 1 fully saturated rings. The van der Waals surface area contributed by atoms with Crippen molar-refractivity contribution in [2.45, 2.75) is 49.6 Å². The monoisotopic (exact) mass is 532 g/mol. The smallest absolute Gasteiger partial charge is 0.352 e. The van der Waals surface area contributed by atoms with Crippen LogP contribution in [0.15, 0.2) is 54.6 Å². The third-order valence-corrected chi connectivity index (χ3v) is 7.07. The summed E-state index contributed by atoms with van der Waals surface area (Å²) < 4.78 is 15.1. The molecule has 2 aromatic carbocycles. The molecule has 3 aromatic rings. The fraction of sp³-hybridized carbons (Fsp3) is 0.360. The van der Waals surface area contributed by atoms with Gasteiger partial charge in [-0.05, 0) is 42.1 Å². The van der Waals surface area contributed by atoms with Crippen LogP contribution in [0.4, 0.5) is 0 Å². The van der Waals surface area contributed by atoms with Crippen molar-refractivity contribution < 1.29 is 34.4 Å². The normalized spacial score (nSPS) is 23.8. The standard InChI is InChI=1S/C25H25ClN2O7S/c26-17-10-8-15(9-11-17)5-4-12-34-25(24(32)33)13-18(29)21(30)19(14-25)35-23(31)22-20(27-28-36-22)16-6-2-1-3-7-16/h1-3,6-11,18-19,21,29-30H,4-5,12-14H2,(H,32,33)/t18-,19-,21-,25+/m1/s1. The van der Waals surface area contributed by atoms with Crippen LogP contribution in [-0.4, -0.2) is 67.4 Å². The number of hydrogen-bond acceptors (Lipinski definition) is 9. The lowest BCUT2D eigenvalue weighted by Gasteiger charge is -2.42. The van der Waals surface area contributed by atoms with Crippen molar-refractivity contribution in [1.82, 2.24) is 9.59 Å². The first-order chi connectivity index (χ1) is 17.3. The highest BCUT2D eigenvalue weighted by atomic mass is 35.5. The zero-order valence-corrected chi connectivity index (χ0v) is 20.7. The molecule has 1 saturated carbocycles. The summed E-state index contributed by atoms with van der Waals surface area (Å²) in [7, 11) is 0. The molecule has 0 aliphatic heterocycles. The molecule has 0 radical (unpaired) electrons. The van der Waals surface area contributed by atoms with E-state index >= 15 is 0 Å². The van der Waals surface area contributed by atoms with E-state index in [-0.39, 0.29) is 24.3 Å². The number of halogens is 1. The van der Waals surface area contributed by atoms with Crippen molar-refractivity contribution in [3.05, 3.63) is 70.1 Å². The number of carbonyl (C=O) groups excluding carboxylic acids is 1. The van der Waals surface area contributed by atoms with Gasteiger partial charge >= 0.3 is 11.9 Å². The molecule has 1 aliphatic carbocycles. The number of aliphatic hydroxyl groups excluding tert-OH is 2. The molecule has 0 spiro atoms. The molecule has 0 amide bonds. The van der Waals surface area contributed by atoms with Crippen LogP contribution >= 0.6 is 23.1 Å². The highest BCUT2D eigenvalue weighted by Gasteiger charge is 2.52. The van der Waals surface area contributed by atoms with Gasteiger partial charge in [-0.25, -0.2) is 9.59 Å². The van der Waals surface area contributed by atoms with Crippen LogP contribution in [-0.2, 0) is 20.7 Å². The van der Waals surface area contributed by atoms with E-state index < -0.39 is 35.9 Å². The van der Waals surface area contributed by atoms with E-state index in [4.69, 9.17) is 21.1 Å². The fourth-order valence-electron chi connectivity index (χ4n) is 4.20. The maximum Gasteiger partial charge on any atom is 0.352 e. The van der Waals surface area contributed by atoms with E-state index in [1.54, 1.807) is 36.4 Å². The Balaban J connectivity index is 1.44. The van der Waals surface area contributed by atoms with Crippen LogP contribution in [0, 0.1) is 0 Å². The van der Waals surface area contributed by atoms with Gasteiger partial charge in [-0.1, -0.05) is 58.6 Å². The first-order valence-electron chi connectivity index (χ1n) is 11.4. The van der Waals surface area contributed by atoms with Gasteiger partial charge in [-0.15, -0.1) is 5.10 Å². The molecule has 0 unspecified atom stereocenters. The number of ether oxygens (including phenoxy) is 2. The van der Waals surface area contributed by atoms with Gasteiger partial charge in [0.1, 0.15) is 17.9 Å². The molecule has 4 atom stereocenters. The summed E-state index contributed by atoms with van der Waals surface area (Å²) in [4.78, 5) is 25.3.